The average molecular weight is 630 g/mol. The fourth-order valence-electron chi connectivity index (χ4n) is 3.77. The molecule has 0 bridgehead atoms. The van der Waals surface area contributed by atoms with E-state index in [4.69, 9.17) is 21.1 Å². The van der Waals surface area contributed by atoms with Gasteiger partial charge < -0.3 is 19.7 Å². The number of halogens is 7. The number of morpholine rings is 1. The standard InChI is InChI=1S/C25H26ClF6N3O5S/c1-23(2,3)40-22(37)34-41(4,38)15-7-5-6-14(10-15)33-21(36)16-11-18(26)17(24(27,28)29)12-19(16)35-8-9-39-20(13-35)25(30,31)32/h5-7,10-12,20H,8-9,13H2,1-4H3,(H,33,36)/t20-,41+/m0/s1. The molecule has 0 aromatic heterocycles. The third-order valence-electron chi connectivity index (χ3n) is 5.58. The summed E-state index contributed by atoms with van der Waals surface area (Å²) in [7, 11) is -3.35. The maximum atomic E-state index is 13.6. The number of ether oxygens (including phenoxy) is 2. The van der Waals surface area contributed by atoms with Crippen LogP contribution in [-0.2, 0) is 25.4 Å². The fraction of sp³-hybridized carbons (Fsp3) is 0.440. The third-order valence-corrected chi connectivity index (χ3v) is 7.52. The molecule has 0 spiro atoms. The van der Waals surface area contributed by atoms with Crippen molar-refractivity contribution >= 4 is 44.7 Å². The molecule has 8 nitrogen and oxygen atoms in total. The molecule has 2 aromatic carbocycles. The van der Waals surface area contributed by atoms with Gasteiger partial charge in [0.05, 0.1) is 44.7 Å². The molecule has 3 rings (SSSR count). The maximum absolute atomic E-state index is 13.6. The number of alkyl halides is 6. The number of anilines is 2. The zero-order valence-electron chi connectivity index (χ0n) is 22.2. The monoisotopic (exact) mass is 629 g/mol. The zero-order valence-corrected chi connectivity index (χ0v) is 23.7. The van der Waals surface area contributed by atoms with Gasteiger partial charge in [-0.3, -0.25) is 4.79 Å². The van der Waals surface area contributed by atoms with E-state index in [-0.39, 0.29) is 17.1 Å². The van der Waals surface area contributed by atoms with Crippen LogP contribution in [-0.4, -0.2) is 60.0 Å². The average Bonchev–Trinajstić information content (AvgIpc) is 2.81. The van der Waals surface area contributed by atoms with Crippen molar-refractivity contribution in [3.63, 3.8) is 0 Å². The van der Waals surface area contributed by atoms with Crippen LogP contribution in [0.15, 0.2) is 45.7 Å². The van der Waals surface area contributed by atoms with Gasteiger partial charge in [0.1, 0.15) is 5.60 Å². The van der Waals surface area contributed by atoms with Gasteiger partial charge in [0.2, 0.25) is 0 Å². The molecule has 1 N–H and O–H groups in total. The van der Waals surface area contributed by atoms with Crippen LogP contribution in [0.25, 0.3) is 0 Å². The minimum Gasteiger partial charge on any atom is -0.442 e. The van der Waals surface area contributed by atoms with E-state index < -0.39 is 80.8 Å². The van der Waals surface area contributed by atoms with Crippen molar-refractivity contribution in [3.8, 4) is 0 Å². The largest absolute Gasteiger partial charge is 0.442 e. The second-order valence-electron chi connectivity index (χ2n) is 10.1. The van der Waals surface area contributed by atoms with Crippen LogP contribution in [0.5, 0.6) is 0 Å². The quantitative estimate of drug-likeness (QED) is 0.375. The highest BCUT2D eigenvalue weighted by Crippen LogP contribution is 2.40. The number of amides is 2. The van der Waals surface area contributed by atoms with Crippen molar-refractivity contribution in [2.45, 2.75) is 49.7 Å². The van der Waals surface area contributed by atoms with Crippen molar-refractivity contribution in [2.75, 3.05) is 36.2 Å². The molecule has 0 aliphatic carbocycles. The molecular weight excluding hydrogens is 604 g/mol. The molecule has 0 radical (unpaired) electrons. The number of carbonyl (C=O) groups excluding carboxylic acids is 2. The summed E-state index contributed by atoms with van der Waals surface area (Å²) in [6, 6.07) is 6.59. The number of nitrogens with one attached hydrogen (secondary N) is 1. The first kappa shape index (κ1) is 32.5. The van der Waals surface area contributed by atoms with Crippen LogP contribution in [0.1, 0.15) is 36.7 Å². The van der Waals surface area contributed by atoms with Crippen molar-refractivity contribution in [1.82, 2.24) is 0 Å². The van der Waals surface area contributed by atoms with E-state index in [0.29, 0.717) is 6.07 Å². The van der Waals surface area contributed by atoms with E-state index in [1.165, 1.54) is 30.5 Å². The molecule has 1 aliphatic rings. The molecule has 0 unspecified atom stereocenters. The molecule has 1 saturated heterocycles. The van der Waals surface area contributed by atoms with E-state index in [9.17, 15) is 40.1 Å². The number of carbonyl (C=O) groups is 2. The normalized spacial score (nSPS) is 17.9. The summed E-state index contributed by atoms with van der Waals surface area (Å²) in [6.07, 6.45) is -11.9. The first-order valence-corrected chi connectivity index (χ1v) is 14.2. The summed E-state index contributed by atoms with van der Waals surface area (Å²) in [6.45, 7) is 3.23. The zero-order chi connectivity index (χ0) is 31.0. The summed E-state index contributed by atoms with van der Waals surface area (Å²) in [5.74, 6) is -1.01. The molecular formula is C25H26ClF6N3O5S. The Bertz CT molecular complexity index is 1450. The van der Waals surface area contributed by atoms with Gasteiger partial charge in [0, 0.05) is 23.4 Å². The Morgan fingerprint density at radius 1 is 1.12 bits per heavy atom. The van der Waals surface area contributed by atoms with Crippen molar-refractivity contribution in [1.29, 1.82) is 0 Å². The molecule has 2 atom stereocenters. The molecule has 226 valence electrons. The lowest BCUT2D eigenvalue weighted by Crippen LogP contribution is -2.49. The van der Waals surface area contributed by atoms with E-state index in [2.05, 4.69) is 9.68 Å². The Morgan fingerprint density at radius 2 is 1.78 bits per heavy atom. The van der Waals surface area contributed by atoms with E-state index in [1.54, 1.807) is 20.8 Å². The lowest BCUT2D eigenvalue weighted by Gasteiger charge is -2.36. The van der Waals surface area contributed by atoms with Gasteiger partial charge in [-0.05, 0) is 51.1 Å². The van der Waals surface area contributed by atoms with Crippen LogP contribution in [0.4, 0.5) is 42.5 Å². The second kappa shape index (κ2) is 11.7. The van der Waals surface area contributed by atoms with Gasteiger partial charge in [-0.1, -0.05) is 17.7 Å². The Balaban J connectivity index is 1.99. The van der Waals surface area contributed by atoms with Crippen LogP contribution < -0.4 is 10.2 Å². The summed E-state index contributed by atoms with van der Waals surface area (Å²) >= 11 is 5.84. The molecule has 16 heteroatoms. The molecule has 1 aliphatic heterocycles. The second-order valence-corrected chi connectivity index (χ2v) is 12.7. The van der Waals surface area contributed by atoms with Gasteiger partial charge in [-0.15, -0.1) is 4.36 Å². The van der Waals surface area contributed by atoms with Crippen LogP contribution in [0.2, 0.25) is 5.02 Å². The Morgan fingerprint density at radius 3 is 2.37 bits per heavy atom. The summed E-state index contributed by atoms with van der Waals surface area (Å²) in [5, 5.41) is 1.59. The molecule has 2 amide bonds. The topological polar surface area (TPSA) is 97.3 Å². The summed E-state index contributed by atoms with van der Waals surface area (Å²) < 4.78 is 107. The smallest absolute Gasteiger partial charge is 0.442 e. The lowest BCUT2D eigenvalue weighted by atomic mass is 10.0. The number of benzene rings is 2. The van der Waals surface area contributed by atoms with E-state index in [1.807, 2.05) is 0 Å². The van der Waals surface area contributed by atoms with Gasteiger partial charge in [0.15, 0.2) is 6.10 Å². The summed E-state index contributed by atoms with van der Waals surface area (Å²) in [4.78, 5) is 26.3. The van der Waals surface area contributed by atoms with Crippen LogP contribution in [0, 0.1) is 0 Å². The maximum Gasteiger partial charge on any atom is 0.442 e. The number of rotatable bonds is 4. The highest BCUT2D eigenvalue weighted by molar-refractivity contribution is 7.93. The highest BCUT2D eigenvalue weighted by Gasteiger charge is 2.44. The first-order chi connectivity index (χ1) is 18.7. The molecule has 1 heterocycles. The number of hydrogen-bond donors (Lipinski definition) is 1. The lowest BCUT2D eigenvalue weighted by molar-refractivity contribution is -0.221. The summed E-state index contributed by atoms with van der Waals surface area (Å²) in [5.41, 5.74) is -3.09. The van der Waals surface area contributed by atoms with Gasteiger partial charge in [0.25, 0.3) is 5.91 Å². The Kier molecular flexibility index (Phi) is 9.25. The predicted octanol–water partition coefficient (Wildman–Crippen LogP) is 6.77. The van der Waals surface area contributed by atoms with Gasteiger partial charge in [-0.2, -0.15) is 26.3 Å². The fourth-order valence-corrected chi connectivity index (χ4v) is 5.15. The SMILES string of the molecule is CC(C)(C)OC(=O)N=[S@](C)(=O)c1cccc(NC(=O)c2cc(Cl)c(C(F)(F)F)cc2N2CCO[C@H](C(F)(F)F)C2)c1. The molecule has 1 fully saturated rings. The highest BCUT2D eigenvalue weighted by atomic mass is 35.5. The van der Waals surface area contributed by atoms with Crippen LogP contribution in [0.3, 0.4) is 0 Å². The third kappa shape index (κ3) is 8.49. The van der Waals surface area contributed by atoms with Gasteiger partial charge >= 0.3 is 18.4 Å². The number of nitrogens with zero attached hydrogens (tertiary/aromatic N) is 2. The minimum absolute atomic E-state index is 0.0126. The van der Waals surface area contributed by atoms with Crippen molar-refractivity contribution in [2.24, 2.45) is 4.36 Å². The van der Waals surface area contributed by atoms with E-state index >= 15 is 0 Å². The van der Waals surface area contributed by atoms with E-state index in [0.717, 1.165) is 11.0 Å². The van der Waals surface area contributed by atoms with Gasteiger partial charge in [-0.25, -0.2) is 9.00 Å². The van der Waals surface area contributed by atoms with Crippen molar-refractivity contribution in [3.05, 3.63) is 52.5 Å². The predicted molar refractivity (Wildman–Crippen MR) is 140 cm³/mol. The Hall–Kier alpha value is -3.04. The van der Waals surface area contributed by atoms with Crippen LogP contribution >= 0.6 is 11.6 Å². The molecule has 2 aromatic rings. The van der Waals surface area contributed by atoms with Crippen molar-refractivity contribution < 1.29 is 49.6 Å². The molecule has 0 saturated carbocycles. The minimum atomic E-state index is -4.95. The first-order valence-electron chi connectivity index (χ1n) is 11.9. The molecule has 41 heavy (non-hydrogen) atoms. The number of hydrogen-bond acceptors (Lipinski definition) is 6. The Labute approximate surface area is 237 Å².